The maximum Gasteiger partial charge on any atom is 0.292 e. The number of carbonyl (C=O) groups excluding carboxylic acids is 1. The fourth-order valence-electron chi connectivity index (χ4n) is 3.67. The van der Waals surface area contributed by atoms with Crippen LogP contribution in [0.15, 0.2) is 34.2 Å². The van der Waals surface area contributed by atoms with Crippen molar-refractivity contribution in [1.82, 2.24) is 15.2 Å². The van der Waals surface area contributed by atoms with Crippen LogP contribution in [0.4, 0.5) is 0 Å². The zero-order chi connectivity index (χ0) is 19.8. The summed E-state index contributed by atoms with van der Waals surface area (Å²) in [6, 6.07) is 7.17. The molecule has 1 aromatic carbocycles. The molecule has 1 N–H and O–H groups in total. The van der Waals surface area contributed by atoms with Crippen molar-refractivity contribution < 1.29 is 4.79 Å². The van der Waals surface area contributed by atoms with Crippen molar-refractivity contribution in [3.63, 3.8) is 0 Å². The number of nitrogens with one attached hydrogen (secondary N) is 1. The Bertz CT molecular complexity index is 891. The molecule has 1 aliphatic carbocycles. The molecule has 3 rings (SSSR count). The lowest BCUT2D eigenvalue weighted by molar-refractivity contribution is 0.0949. The molecular weight excluding hydrogens is 352 g/mol. The number of aromatic nitrogens is 2. The zero-order valence-electron chi connectivity index (χ0n) is 16.7. The molecule has 0 radical (unpaired) electrons. The summed E-state index contributed by atoms with van der Waals surface area (Å²) < 4.78 is 1.43. The Morgan fingerprint density at radius 1 is 1.07 bits per heavy atom. The number of unbranched alkanes of at least 4 members (excludes halogenated alkanes) is 2. The molecule has 1 aromatic heterocycles. The van der Waals surface area contributed by atoms with Gasteiger partial charge in [0.1, 0.15) is 0 Å². The first kappa shape index (κ1) is 20.2. The summed E-state index contributed by atoms with van der Waals surface area (Å²) in [5.74, 6) is -0.352. The fraction of sp³-hybridized carbons (Fsp3) is 0.545. The van der Waals surface area contributed by atoms with E-state index in [2.05, 4.69) is 22.5 Å². The standard InChI is InChI=1S/C22H30N4O2/c1-2-3-11-16-26-22(28)19-15-10-9-14-18(19)20(25-26)21(27)24-23-17-12-7-5-4-6-8-13-17/h9-10,14-15H,2-8,11-13,16H2,1H3,(H,24,27). The van der Waals surface area contributed by atoms with Gasteiger partial charge in [-0.1, -0.05) is 57.2 Å². The Labute approximate surface area is 166 Å². The number of hydrazone groups is 1. The van der Waals surface area contributed by atoms with Crippen molar-refractivity contribution in [2.75, 3.05) is 0 Å². The van der Waals surface area contributed by atoms with Crippen LogP contribution in [-0.4, -0.2) is 21.4 Å². The highest BCUT2D eigenvalue weighted by Crippen LogP contribution is 2.16. The Morgan fingerprint density at radius 2 is 1.75 bits per heavy atom. The Balaban J connectivity index is 1.86. The number of aryl methyl sites for hydroxylation is 1. The Morgan fingerprint density at radius 3 is 2.46 bits per heavy atom. The Hall–Kier alpha value is -2.50. The first-order valence-corrected chi connectivity index (χ1v) is 10.6. The molecule has 1 aliphatic rings. The minimum absolute atomic E-state index is 0.144. The molecule has 6 nitrogen and oxygen atoms in total. The van der Waals surface area contributed by atoms with E-state index in [0.29, 0.717) is 17.3 Å². The van der Waals surface area contributed by atoms with Crippen LogP contribution in [0.1, 0.15) is 81.6 Å². The van der Waals surface area contributed by atoms with Crippen molar-refractivity contribution in [3.05, 3.63) is 40.3 Å². The summed E-state index contributed by atoms with van der Waals surface area (Å²) in [7, 11) is 0. The summed E-state index contributed by atoms with van der Waals surface area (Å²) in [6.45, 7) is 2.64. The molecule has 0 unspecified atom stereocenters. The van der Waals surface area contributed by atoms with Gasteiger partial charge in [0.05, 0.1) is 5.39 Å². The predicted molar refractivity (Wildman–Crippen MR) is 113 cm³/mol. The average Bonchev–Trinajstić information content (AvgIpc) is 2.69. The van der Waals surface area contributed by atoms with Gasteiger partial charge in [-0.2, -0.15) is 10.2 Å². The quantitative estimate of drug-likeness (QED) is 0.593. The summed E-state index contributed by atoms with van der Waals surface area (Å²) in [5.41, 5.74) is 3.87. The van der Waals surface area contributed by atoms with Crippen molar-refractivity contribution >= 4 is 22.4 Å². The third-order valence-electron chi connectivity index (χ3n) is 5.30. The third kappa shape index (κ3) is 5.06. The number of fused-ring (bicyclic) bond motifs is 1. The van der Waals surface area contributed by atoms with E-state index in [-0.39, 0.29) is 17.2 Å². The van der Waals surface area contributed by atoms with Gasteiger partial charge in [0, 0.05) is 17.6 Å². The molecule has 1 heterocycles. The van der Waals surface area contributed by atoms with Crippen LogP contribution in [0.25, 0.3) is 10.8 Å². The largest absolute Gasteiger partial charge is 0.292 e. The lowest BCUT2D eigenvalue weighted by Crippen LogP contribution is -2.29. The molecule has 1 saturated carbocycles. The van der Waals surface area contributed by atoms with E-state index in [1.165, 1.54) is 23.9 Å². The molecule has 0 bridgehead atoms. The molecule has 2 aromatic rings. The molecule has 1 fully saturated rings. The number of hydrogen-bond donors (Lipinski definition) is 1. The van der Waals surface area contributed by atoms with E-state index in [1.807, 2.05) is 12.1 Å². The van der Waals surface area contributed by atoms with E-state index in [1.54, 1.807) is 12.1 Å². The van der Waals surface area contributed by atoms with Crippen LogP contribution in [0.5, 0.6) is 0 Å². The molecule has 0 saturated heterocycles. The molecule has 0 aliphatic heterocycles. The van der Waals surface area contributed by atoms with Gasteiger partial charge in [-0.15, -0.1) is 0 Å². The summed E-state index contributed by atoms with van der Waals surface area (Å²) >= 11 is 0. The smallest absolute Gasteiger partial charge is 0.267 e. The molecule has 1 amide bonds. The van der Waals surface area contributed by atoms with Crippen molar-refractivity contribution in [2.24, 2.45) is 5.10 Å². The van der Waals surface area contributed by atoms with Gasteiger partial charge in [-0.25, -0.2) is 10.1 Å². The molecule has 0 atom stereocenters. The second-order valence-corrected chi connectivity index (χ2v) is 7.52. The van der Waals surface area contributed by atoms with Gasteiger partial charge in [-0.05, 0) is 38.2 Å². The van der Waals surface area contributed by atoms with Crippen LogP contribution in [0, 0.1) is 0 Å². The molecular formula is C22H30N4O2. The zero-order valence-corrected chi connectivity index (χ0v) is 16.7. The van der Waals surface area contributed by atoms with Gasteiger partial charge in [0.2, 0.25) is 0 Å². The molecule has 0 spiro atoms. The first-order chi connectivity index (χ1) is 13.7. The fourth-order valence-corrected chi connectivity index (χ4v) is 3.67. The molecule has 28 heavy (non-hydrogen) atoms. The van der Waals surface area contributed by atoms with E-state index in [9.17, 15) is 9.59 Å². The highest BCUT2D eigenvalue weighted by atomic mass is 16.2. The highest BCUT2D eigenvalue weighted by molar-refractivity contribution is 6.05. The highest BCUT2D eigenvalue weighted by Gasteiger charge is 2.16. The van der Waals surface area contributed by atoms with Crippen molar-refractivity contribution in [3.8, 4) is 0 Å². The van der Waals surface area contributed by atoms with Gasteiger partial charge < -0.3 is 0 Å². The normalized spacial score (nSPS) is 15.1. The van der Waals surface area contributed by atoms with Crippen molar-refractivity contribution in [2.45, 2.75) is 77.7 Å². The van der Waals surface area contributed by atoms with Crippen LogP contribution >= 0.6 is 0 Å². The maximum atomic E-state index is 12.9. The topological polar surface area (TPSA) is 76.3 Å². The monoisotopic (exact) mass is 382 g/mol. The van der Waals surface area contributed by atoms with E-state index >= 15 is 0 Å². The number of nitrogens with zero attached hydrogens (tertiary/aromatic N) is 3. The minimum atomic E-state index is -0.352. The van der Waals surface area contributed by atoms with Gasteiger partial charge in [0.15, 0.2) is 5.69 Å². The summed E-state index contributed by atoms with van der Waals surface area (Å²) in [5, 5.41) is 9.88. The van der Waals surface area contributed by atoms with Crippen LogP contribution < -0.4 is 11.0 Å². The Kier molecular flexibility index (Phi) is 7.34. The van der Waals surface area contributed by atoms with Gasteiger partial charge in [0.25, 0.3) is 11.5 Å². The van der Waals surface area contributed by atoms with Crippen LogP contribution in [0.2, 0.25) is 0 Å². The summed E-state index contributed by atoms with van der Waals surface area (Å²) in [4.78, 5) is 25.6. The van der Waals surface area contributed by atoms with Gasteiger partial charge in [-0.3, -0.25) is 9.59 Å². The lowest BCUT2D eigenvalue weighted by atomic mass is 9.99. The predicted octanol–water partition coefficient (Wildman–Crippen LogP) is 4.42. The third-order valence-corrected chi connectivity index (χ3v) is 5.30. The van der Waals surface area contributed by atoms with Crippen LogP contribution in [0.3, 0.4) is 0 Å². The number of amides is 1. The van der Waals surface area contributed by atoms with E-state index in [4.69, 9.17) is 0 Å². The SMILES string of the molecule is CCCCCn1nc(C(=O)NN=C2CCCCCCC2)c2ccccc2c1=O. The number of rotatable bonds is 6. The maximum absolute atomic E-state index is 12.9. The second-order valence-electron chi connectivity index (χ2n) is 7.52. The number of benzene rings is 1. The van der Waals surface area contributed by atoms with Crippen LogP contribution in [-0.2, 0) is 6.54 Å². The lowest BCUT2D eigenvalue weighted by Gasteiger charge is -2.12. The number of carbonyl (C=O) groups is 1. The van der Waals surface area contributed by atoms with E-state index < -0.39 is 0 Å². The van der Waals surface area contributed by atoms with Gasteiger partial charge >= 0.3 is 0 Å². The second kappa shape index (κ2) is 10.2. The molecule has 6 heteroatoms. The summed E-state index contributed by atoms with van der Waals surface area (Å²) in [6.07, 6.45) is 10.8. The average molecular weight is 383 g/mol. The number of hydrogen-bond acceptors (Lipinski definition) is 4. The van der Waals surface area contributed by atoms with Crippen molar-refractivity contribution in [1.29, 1.82) is 0 Å². The minimum Gasteiger partial charge on any atom is -0.267 e. The first-order valence-electron chi connectivity index (χ1n) is 10.6. The van der Waals surface area contributed by atoms with E-state index in [0.717, 1.165) is 50.7 Å². The molecule has 150 valence electrons.